The second-order valence-corrected chi connectivity index (χ2v) is 8.25. The van der Waals surface area contributed by atoms with Crippen LogP contribution in [0.3, 0.4) is 0 Å². The molecule has 0 atom stereocenters. The number of aryl methyl sites for hydroxylation is 1. The van der Waals surface area contributed by atoms with E-state index in [0.29, 0.717) is 11.0 Å². The highest BCUT2D eigenvalue weighted by Crippen LogP contribution is 2.31. The molecule has 126 valence electrons. The highest BCUT2D eigenvalue weighted by Gasteiger charge is 2.24. The smallest absolute Gasteiger partial charge is 0.341 e. The van der Waals surface area contributed by atoms with Gasteiger partial charge in [-0.2, -0.15) is 8.75 Å². The molecular formula is C14H13N3O4S3. The molecule has 1 aromatic carbocycles. The minimum Gasteiger partial charge on any atom is -0.462 e. The number of carbonyl (C=O) groups is 1. The third-order valence-corrected chi connectivity index (χ3v) is 6.14. The van der Waals surface area contributed by atoms with Crippen molar-refractivity contribution in [1.82, 2.24) is 8.75 Å². The molecule has 0 amide bonds. The van der Waals surface area contributed by atoms with Crippen molar-refractivity contribution < 1.29 is 17.9 Å². The van der Waals surface area contributed by atoms with Crippen molar-refractivity contribution in [2.75, 3.05) is 11.3 Å². The zero-order valence-electron chi connectivity index (χ0n) is 12.8. The molecule has 10 heteroatoms. The van der Waals surface area contributed by atoms with E-state index in [9.17, 15) is 13.2 Å². The summed E-state index contributed by atoms with van der Waals surface area (Å²) in [6, 6.07) is 6.35. The van der Waals surface area contributed by atoms with Gasteiger partial charge in [-0.3, -0.25) is 4.72 Å². The van der Waals surface area contributed by atoms with Crippen molar-refractivity contribution in [2.45, 2.75) is 18.7 Å². The Bertz CT molecular complexity index is 1010. The zero-order chi connectivity index (χ0) is 17.3. The van der Waals surface area contributed by atoms with Crippen LogP contribution in [0.1, 0.15) is 22.2 Å². The zero-order valence-corrected chi connectivity index (χ0v) is 15.2. The van der Waals surface area contributed by atoms with Crippen LogP contribution in [0.25, 0.3) is 11.0 Å². The van der Waals surface area contributed by atoms with Crippen molar-refractivity contribution in [3.63, 3.8) is 0 Å². The number of carbonyl (C=O) groups excluding carboxylic acids is 1. The van der Waals surface area contributed by atoms with E-state index in [-0.39, 0.29) is 22.1 Å². The molecule has 0 spiro atoms. The first-order chi connectivity index (χ1) is 11.4. The number of rotatable bonds is 5. The van der Waals surface area contributed by atoms with Crippen molar-refractivity contribution >= 4 is 55.1 Å². The summed E-state index contributed by atoms with van der Waals surface area (Å²) in [5, 5.41) is 0.228. The molecule has 0 aliphatic carbocycles. The number of esters is 1. The van der Waals surface area contributed by atoms with Crippen LogP contribution in [0.4, 0.5) is 5.00 Å². The Kier molecular flexibility index (Phi) is 4.52. The molecule has 3 rings (SSSR count). The number of hydrogen-bond donors (Lipinski definition) is 1. The molecule has 0 aliphatic heterocycles. The number of sulfonamides is 1. The summed E-state index contributed by atoms with van der Waals surface area (Å²) >= 11 is 2.12. The highest BCUT2D eigenvalue weighted by molar-refractivity contribution is 7.93. The monoisotopic (exact) mass is 383 g/mol. The predicted octanol–water partition coefficient (Wildman–Crippen LogP) is 3.04. The fraction of sp³-hybridized carbons (Fsp3) is 0.214. The van der Waals surface area contributed by atoms with E-state index in [1.807, 2.05) is 0 Å². The second kappa shape index (κ2) is 6.46. The fourth-order valence-corrected chi connectivity index (χ4v) is 5.11. The Morgan fingerprint density at radius 3 is 2.88 bits per heavy atom. The van der Waals surface area contributed by atoms with Gasteiger partial charge in [-0.25, -0.2) is 13.2 Å². The minimum atomic E-state index is -3.91. The maximum Gasteiger partial charge on any atom is 0.341 e. The summed E-state index contributed by atoms with van der Waals surface area (Å²) in [5.74, 6) is -0.562. The molecule has 0 saturated carbocycles. The molecular weight excluding hydrogens is 370 g/mol. The van der Waals surface area contributed by atoms with E-state index >= 15 is 0 Å². The topological polar surface area (TPSA) is 98.2 Å². The molecule has 0 radical (unpaired) electrons. The van der Waals surface area contributed by atoms with E-state index in [2.05, 4.69) is 13.5 Å². The third kappa shape index (κ3) is 3.12. The number of aromatic nitrogens is 2. The summed E-state index contributed by atoms with van der Waals surface area (Å²) in [7, 11) is -3.91. The van der Waals surface area contributed by atoms with E-state index in [1.165, 1.54) is 17.4 Å². The van der Waals surface area contributed by atoms with Crippen molar-refractivity contribution in [3.05, 3.63) is 34.7 Å². The number of hydrogen-bond acceptors (Lipinski definition) is 8. The molecule has 1 N–H and O–H groups in total. The summed E-state index contributed by atoms with van der Waals surface area (Å²) in [5.41, 5.74) is 1.02. The molecule has 2 aromatic heterocycles. The first-order valence-corrected chi connectivity index (χ1v) is 9.97. The number of nitrogens with zero attached hydrogens (tertiary/aromatic N) is 2. The van der Waals surface area contributed by atoms with Crippen LogP contribution in [0.2, 0.25) is 0 Å². The largest absolute Gasteiger partial charge is 0.462 e. The number of anilines is 1. The summed E-state index contributed by atoms with van der Waals surface area (Å²) in [6.45, 7) is 3.69. The van der Waals surface area contributed by atoms with Gasteiger partial charge in [-0.1, -0.05) is 6.07 Å². The molecule has 7 nitrogen and oxygen atoms in total. The lowest BCUT2D eigenvalue weighted by molar-refractivity contribution is 0.0528. The van der Waals surface area contributed by atoms with Crippen LogP contribution in [-0.4, -0.2) is 29.7 Å². The van der Waals surface area contributed by atoms with Gasteiger partial charge in [0.25, 0.3) is 10.0 Å². The average molecular weight is 383 g/mol. The van der Waals surface area contributed by atoms with E-state index in [4.69, 9.17) is 4.74 Å². The molecule has 0 unspecified atom stereocenters. The standard InChI is InChI=1S/C14H13N3O4S3/c1-3-21-14(18)9-7-8(2)22-13(9)17-24(19,20)11-6-4-5-10-12(11)16-23-15-10/h4-7,17H,3H2,1-2H3. The SMILES string of the molecule is CCOC(=O)c1cc(C)sc1NS(=O)(=O)c1cccc2nsnc12. The molecule has 0 fully saturated rings. The quantitative estimate of drug-likeness (QED) is 0.680. The summed E-state index contributed by atoms with van der Waals surface area (Å²) in [4.78, 5) is 12.8. The first-order valence-electron chi connectivity index (χ1n) is 6.94. The average Bonchev–Trinajstić information content (AvgIpc) is 3.13. The molecule has 2 heterocycles. The van der Waals surface area contributed by atoms with Crippen LogP contribution < -0.4 is 4.72 Å². The molecule has 0 saturated heterocycles. The normalized spacial score (nSPS) is 11.6. The summed E-state index contributed by atoms with van der Waals surface area (Å²) in [6.07, 6.45) is 0. The Balaban J connectivity index is 2.02. The van der Waals surface area contributed by atoms with Crippen LogP contribution in [-0.2, 0) is 14.8 Å². The number of fused-ring (bicyclic) bond motifs is 1. The van der Waals surface area contributed by atoms with Crippen molar-refractivity contribution in [2.24, 2.45) is 0 Å². The van der Waals surface area contributed by atoms with Crippen LogP contribution in [0.5, 0.6) is 0 Å². The van der Waals surface area contributed by atoms with Gasteiger partial charge in [0.15, 0.2) is 0 Å². The Labute approximate surface area is 146 Å². The van der Waals surface area contributed by atoms with Crippen LogP contribution >= 0.6 is 23.1 Å². The summed E-state index contributed by atoms with van der Waals surface area (Å²) < 4.78 is 41.0. The Morgan fingerprint density at radius 2 is 2.12 bits per heavy atom. The highest BCUT2D eigenvalue weighted by atomic mass is 32.2. The van der Waals surface area contributed by atoms with Crippen LogP contribution in [0.15, 0.2) is 29.2 Å². The number of benzene rings is 1. The molecule has 0 bridgehead atoms. The number of nitrogens with one attached hydrogen (secondary N) is 1. The van der Waals surface area contributed by atoms with Gasteiger partial charge in [0.2, 0.25) is 0 Å². The maximum atomic E-state index is 12.7. The van der Waals surface area contributed by atoms with Gasteiger partial charge < -0.3 is 4.74 Å². The van der Waals surface area contributed by atoms with Gasteiger partial charge >= 0.3 is 5.97 Å². The van der Waals surface area contributed by atoms with E-state index in [0.717, 1.165) is 16.6 Å². The Morgan fingerprint density at radius 1 is 1.33 bits per heavy atom. The van der Waals surface area contributed by atoms with Gasteiger partial charge in [0, 0.05) is 4.88 Å². The third-order valence-electron chi connectivity index (χ3n) is 3.12. The van der Waals surface area contributed by atoms with Gasteiger partial charge in [0.1, 0.15) is 20.9 Å². The van der Waals surface area contributed by atoms with Crippen LogP contribution in [0, 0.1) is 6.92 Å². The Hall–Kier alpha value is -2.04. The number of ether oxygens (including phenoxy) is 1. The van der Waals surface area contributed by atoms with Gasteiger partial charge in [-0.15, -0.1) is 11.3 Å². The lowest BCUT2D eigenvalue weighted by Gasteiger charge is -2.08. The first kappa shape index (κ1) is 16.8. The lowest BCUT2D eigenvalue weighted by Crippen LogP contribution is -2.15. The van der Waals surface area contributed by atoms with Crippen molar-refractivity contribution in [3.8, 4) is 0 Å². The maximum absolute atomic E-state index is 12.7. The second-order valence-electron chi connectivity index (χ2n) is 4.81. The van der Waals surface area contributed by atoms with Crippen molar-refractivity contribution in [1.29, 1.82) is 0 Å². The molecule has 24 heavy (non-hydrogen) atoms. The van der Waals surface area contributed by atoms with E-state index < -0.39 is 16.0 Å². The van der Waals surface area contributed by atoms with E-state index in [1.54, 1.807) is 32.0 Å². The lowest BCUT2D eigenvalue weighted by atomic mass is 10.3. The van der Waals surface area contributed by atoms with Gasteiger partial charge in [-0.05, 0) is 32.0 Å². The minimum absolute atomic E-state index is 0.0228. The predicted molar refractivity (Wildman–Crippen MR) is 93.2 cm³/mol. The molecule has 3 aromatic rings. The molecule has 0 aliphatic rings. The van der Waals surface area contributed by atoms with Gasteiger partial charge in [0.05, 0.1) is 23.9 Å². The number of thiophene rings is 1. The fourth-order valence-electron chi connectivity index (χ4n) is 2.13.